The molecule has 2 N–H and O–H groups in total. The minimum absolute atomic E-state index is 0.156. The quantitative estimate of drug-likeness (QED) is 0.832. The Bertz CT molecular complexity index is 696. The van der Waals surface area contributed by atoms with E-state index in [1.165, 1.54) is 12.3 Å². The van der Waals surface area contributed by atoms with Crippen LogP contribution in [0.2, 0.25) is 0 Å². The summed E-state index contributed by atoms with van der Waals surface area (Å²) in [6.07, 6.45) is 4.58. The van der Waals surface area contributed by atoms with E-state index < -0.39 is 0 Å². The zero-order valence-electron chi connectivity index (χ0n) is 12.5. The van der Waals surface area contributed by atoms with E-state index in [0.717, 1.165) is 16.9 Å². The van der Waals surface area contributed by atoms with Crippen LogP contribution in [0.4, 0.5) is 5.69 Å². The van der Waals surface area contributed by atoms with Crippen molar-refractivity contribution >= 4 is 17.2 Å². The molecule has 0 saturated heterocycles. The van der Waals surface area contributed by atoms with Gasteiger partial charge in [-0.05, 0) is 36.3 Å². The van der Waals surface area contributed by atoms with Gasteiger partial charge in [0.1, 0.15) is 5.75 Å². The second-order valence-corrected chi connectivity index (χ2v) is 4.74. The van der Waals surface area contributed by atoms with Crippen LogP contribution in [-0.2, 0) is 11.4 Å². The minimum atomic E-state index is -0.275. The van der Waals surface area contributed by atoms with Gasteiger partial charge < -0.3 is 15.2 Å². The van der Waals surface area contributed by atoms with Crippen LogP contribution in [0.1, 0.15) is 18.1 Å². The van der Waals surface area contributed by atoms with Crippen LogP contribution in [0.5, 0.6) is 5.75 Å². The van der Waals surface area contributed by atoms with Crippen molar-refractivity contribution in [1.29, 1.82) is 0 Å². The fourth-order valence-electron chi connectivity index (χ4n) is 1.99. The van der Waals surface area contributed by atoms with Crippen molar-refractivity contribution in [3.8, 4) is 5.75 Å². The number of carbonyl (C=O) groups is 1. The number of methoxy groups -OCH3 is 1. The number of anilines is 1. The summed E-state index contributed by atoms with van der Waals surface area (Å²) in [5, 5.41) is 12.0. The maximum atomic E-state index is 12.1. The Balaban J connectivity index is 2.15. The molecule has 2 aromatic rings. The van der Waals surface area contributed by atoms with Crippen LogP contribution in [0.15, 0.2) is 48.8 Å². The standard InChI is InChI=1S/C17H18N2O3/c1-12(13-4-3-5-15(9-13)22-2)8-17(21)19-16-10-18-7-6-14(16)11-20/h3-10,20H,11H2,1-2H3,(H,19,21)/b12-8+. The number of aliphatic hydroxyl groups is 1. The molecule has 0 bridgehead atoms. The molecular formula is C17H18N2O3. The van der Waals surface area contributed by atoms with Gasteiger partial charge in [0, 0.05) is 17.8 Å². The summed E-state index contributed by atoms with van der Waals surface area (Å²) in [6.45, 7) is 1.70. The topological polar surface area (TPSA) is 71.5 Å². The normalized spacial score (nSPS) is 11.1. The number of hydrogen-bond acceptors (Lipinski definition) is 4. The molecule has 22 heavy (non-hydrogen) atoms. The molecule has 2 rings (SSSR count). The lowest BCUT2D eigenvalue weighted by molar-refractivity contribution is -0.111. The fourth-order valence-corrected chi connectivity index (χ4v) is 1.99. The largest absolute Gasteiger partial charge is 0.497 e. The molecule has 0 fully saturated rings. The highest BCUT2D eigenvalue weighted by Gasteiger charge is 2.06. The molecular weight excluding hydrogens is 280 g/mol. The minimum Gasteiger partial charge on any atom is -0.497 e. The number of nitrogens with zero attached hydrogens (tertiary/aromatic N) is 1. The summed E-state index contributed by atoms with van der Waals surface area (Å²) in [5.74, 6) is 0.462. The predicted octanol–water partition coefficient (Wildman–Crippen LogP) is 2.62. The van der Waals surface area contributed by atoms with Crippen molar-refractivity contribution in [3.63, 3.8) is 0 Å². The SMILES string of the molecule is COc1cccc(/C(C)=C/C(=O)Nc2cnccc2CO)c1. The molecule has 1 aromatic heterocycles. The van der Waals surface area contributed by atoms with E-state index in [9.17, 15) is 9.90 Å². The first-order valence-electron chi connectivity index (χ1n) is 6.81. The summed E-state index contributed by atoms with van der Waals surface area (Å²) in [5.41, 5.74) is 2.84. The third kappa shape index (κ3) is 3.93. The zero-order chi connectivity index (χ0) is 15.9. The Morgan fingerprint density at radius 2 is 2.23 bits per heavy atom. The van der Waals surface area contributed by atoms with E-state index >= 15 is 0 Å². The molecule has 0 aliphatic rings. The Kier molecular flexibility index (Phi) is 5.27. The third-order valence-electron chi connectivity index (χ3n) is 3.21. The lowest BCUT2D eigenvalue weighted by Crippen LogP contribution is -2.10. The van der Waals surface area contributed by atoms with E-state index in [4.69, 9.17) is 4.74 Å². The molecule has 1 amide bonds. The number of pyridine rings is 1. The smallest absolute Gasteiger partial charge is 0.248 e. The number of benzene rings is 1. The summed E-state index contributed by atoms with van der Waals surface area (Å²) < 4.78 is 5.17. The lowest BCUT2D eigenvalue weighted by atomic mass is 10.1. The maximum Gasteiger partial charge on any atom is 0.248 e. The number of aliphatic hydroxyl groups excluding tert-OH is 1. The molecule has 5 nitrogen and oxygen atoms in total. The van der Waals surface area contributed by atoms with Gasteiger partial charge in [-0.3, -0.25) is 9.78 Å². The van der Waals surface area contributed by atoms with Crippen LogP contribution < -0.4 is 10.1 Å². The van der Waals surface area contributed by atoms with Crippen molar-refractivity contribution in [1.82, 2.24) is 4.98 Å². The molecule has 0 saturated carbocycles. The van der Waals surface area contributed by atoms with Gasteiger partial charge in [-0.25, -0.2) is 0 Å². The van der Waals surface area contributed by atoms with Crippen LogP contribution >= 0.6 is 0 Å². The number of aromatic nitrogens is 1. The van der Waals surface area contributed by atoms with E-state index in [-0.39, 0.29) is 12.5 Å². The first kappa shape index (κ1) is 15.7. The first-order valence-corrected chi connectivity index (χ1v) is 6.81. The molecule has 0 unspecified atom stereocenters. The van der Waals surface area contributed by atoms with Gasteiger partial charge >= 0.3 is 0 Å². The first-order chi connectivity index (χ1) is 10.6. The molecule has 0 spiro atoms. The zero-order valence-corrected chi connectivity index (χ0v) is 12.5. The number of carbonyl (C=O) groups excluding carboxylic acids is 1. The summed E-state index contributed by atoms with van der Waals surface area (Å²) in [6, 6.07) is 9.15. The molecule has 0 atom stereocenters. The summed E-state index contributed by atoms with van der Waals surface area (Å²) in [4.78, 5) is 16.0. The Morgan fingerprint density at radius 3 is 2.95 bits per heavy atom. The van der Waals surface area contributed by atoms with Gasteiger partial charge in [-0.2, -0.15) is 0 Å². The summed E-state index contributed by atoms with van der Waals surface area (Å²) >= 11 is 0. The van der Waals surface area contributed by atoms with Crippen molar-refractivity contribution in [2.75, 3.05) is 12.4 Å². The van der Waals surface area contributed by atoms with E-state index in [1.807, 2.05) is 31.2 Å². The Morgan fingerprint density at radius 1 is 1.41 bits per heavy atom. The predicted molar refractivity (Wildman–Crippen MR) is 85.4 cm³/mol. The highest BCUT2D eigenvalue weighted by atomic mass is 16.5. The molecule has 0 radical (unpaired) electrons. The van der Waals surface area contributed by atoms with Crippen LogP contribution in [0.3, 0.4) is 0 Å². The van der Waals surface area contributed by atoms with Gasteiger partial charge in [0.25, 0.3) is 0 Å². The van der Waals surface area contributed by atoms with Crippen LogP contribution in [0.25, 0.3) is 5.57 Å². The van der Waals surface area contributed by atoms with Gasteiger partial charge in [-0.15, -0.1) is 0 Å². The summed E-state index contributed by atoms with van der Waals surface area (Å²) in [7, 11) is 1.60. The number of ether oxygens (including phenoxy) is 1. The second-order valence-electron chi connectivity index (χ2n) is 4.74. The Hall–Kier alpha value is -2.66. The van der Waals surface area contributed by atoms with Crippen molar-refractivity contribution < 1.29 is 14.6 Å². The van der Waals surface area contributed by atoms with Crippen LogP contribution in [-0.4, -0.2) is 23.1 Å². The van der Waals surface area contributed by atoms with Gasteiger partial charge in [0.05, 0.1) is 25.6 Å². The van der Waals surface area contributed by atoms with Gasteiger partial charge in [0.15, 0.2) is 0 Å². The highest BCUT2D eigenvalue weighted by Crippen LogP contribution is 2.20. The molecule has 0 aliphatic carbocycles. The highest BCUT2D eigenvalue weighted by molar-refractivity contribution is 6.04. The Labute approximate surface area is 129 Å². The van der Waals surface area contributed by atoms with Gasteiger partial charge in [0.2, 0.25) is 5.91 Å². The average molecular weight is 298 g/mol. The molecule has 0 aliphatic heterocycles. The van der Waals surface area contributed by atoms with Gasteiger partial charge in [-0.1, -0.05) is 12.1 Å². The maximum absolute atomic E-state index is 12.1. The number of amides is 1. The second kappa shape index (κ2) is 7.38. The lowest BCUT2D eigenvalue weighted by Gasteiger charge is -2.08. The van der Waals surface area contributed by atoms with Crippen molar-refractivity contribution in [2.45, 2.75) is 13.5 Å². The number of nitrogens with one attached hydrogen (secondary N) is 1. The molecule has 114 valence electrons. The van der Waals surface area contributed by atoms with Crippen molar-refractivity contribution in [3.05, 3.63) is 59.9 Å². The number of hydrogen-bond donors (Lipinski definition) is 2. The monoisotopic (exact) mass is 298 g/mol. The van der Waals surface area contributed by atoms with E-state index in [0.29, 0.717) is 11.3 Å². The molecule has 1 heterocycles. The van der Waals surface area contributed by atoms with Crippen LogP contribution in [0, 0.1) is 0 Å². The molecule has 1 aromatic carbocycles. The average Bonchev–Trinajstić information content (AvgIpc) is 2.55. The number of rotatable bonds is 5. The van der Waals surface area contributed by atoms with Crippen molar-refractivity contribution in [2.24, 2.45) is 0 Å². The van der Waals surface area contributed by atoms with E-state index in [1.54, 1.807) is 19.4 Å². The molecule has 5 heteroatoms. The third-order valence-corrected chi connectivity index (χ3v) is 3.21. The fraction of sp³-hybridized carbons (Fsp3) is 0.176. The van der Waals surface area contributed by atoms with E-state index in [2.05, 4.69) is 10.3 Å². The number of allylic oxidation sites excluding steroid dienone is 1.